The first-order valence-corrected chi connectivity index (χ1v) is 4.83. The number of rotatable bonds is 5. The zero-order chi connectivity index (χ0) is 10.7. The summed E-state index contributed by atoms with van der Waals surface area (Å²) in [5.74, 6) is 0. The predicted molar refractivity (Wildman–Crippen MR) is 37.3 cm³/mol. The van der Waals surface area contributed by atoms with E-state index in [0.29, 0.717) is 0 Å². The van der Waals surface area contributed by atoms with Crippen LogP contribution in [0.25, 0.3) is 0 Å². The zero-order valence-corrected chi connectivity index (χ0v) is 7.81. The second-order valence-electron chi connectivity index (χ2n) is 2.77. The topological polar surface area (TPSA) is 133 Å². The predicted octanol–water partition coefficient (Wildman–Crippen LogP) is -3.06. The van der Waals surface area contributed by atoms with Gasteiger partial charge in [-0.15, -0.1) is 0 Å². The Hall–Kier alpha value is -0.0100. The van der Waals surface area contributed by atoms with Crippen LogP contribution >= 0.6 is 7.82 Å². The maximum Gasteiger partial charge on any atom is 0.113 e. The van der Waals surface area contributed by atoms with E-state index in [4.69, 9.17) is 15.3 Å². The second kappa shape index (κ2) is 4.47. The molecule has 3 N–H and O–H groups in total. The van der Waals surface area contributed by atoms with Gasteiger partial charge in [0.25, 0.3) is 0 Å². The summed E-state index contributed by atoms with van der Waals surface area (Å²) in [5.41, 5.74) is -1.89. The van der Waals surface area contributed by atoms with Crippen molar-refractivity contribution in [2.75, 3.05) is 13.2 Å². The third-order valence-corrected chi connectivity index (χ3v) is 1.89. The van der Waals surface area contributed by atoms with E-state index in [9.17, 15) is 14.4 Å². The molecule has 13 heavy (non-hydrogen) atoms. The average molecular weight is 214 g/mol. The number of phosphoric ester groups is 1. The highest BCUT2D eigenvalue weighted by Crippen LogP contribution is 2.25. The van der Waals surface area contributed by atoms with Crippen LogP contribution < -0.4 is 9.79 Å². The molecular weight excluding hydrogens is 203 g/mol. The molecule has 7 nitrogen and oxygen atoms in total. The van der Waals surface area contributed by atoms with Gasteiger partial charge in [-0.1, -0.05) is 0 Å². The fourth-order valence-electron chi connectivity index (χ4n) is 0.447. The molecule has 0 aromatic rings. The minimum absolute atomic E-state index is 0.778. The molecule has 0 rings (SSSR count). The van der Waals surface area contributed by atoms with E-state index in [0.717, 1.165) is 6.92 Å². The smallest absolute Gasteiger partial charge is 0.113 e. The molecule has 0 radical (unpaired) electrons. The lowest BCUT2D eigenvalue weighted by atomic mass is 10.0. The Morgan fingerprint density at radius 3 is 2.38 bits per heavy atom. The SMILES string of the molecule is CC(O)(CO)C(O)COP(=O)([O-])[O-]. The van der Waals surface area contributed by atoms with Crippen molar-refractivity contribution in [3.05, 3.63) is 0 Å². The van der Waals surface area contributed by atoms with Crippen LogP contribution in [-0.4, -0.2) is 40.2 Å². The van der Waals surface area contributed by atoms with Gasteiger partial charge >= 0.3 is 0 Å². The summed E-state index contributed by atoms with van der Waals surface area (Å²) in [6.45, 7) is -0.584. The first-order chi connectivity index (χ1) is 5.69. The zero-order valence-electron chi connectivity index (χ0n) is 6.91. The van der Waals surface area contributed by atoms with Crippen LogP contribution in [0.5, 0.6) is 0 Å². The molecule has 0 aliphatic rings. The normalized spacial score (nSPS) is 19.5. The van der Waals surface area contributed by atoms with Crippen molar-refractivity contribution in [2.45, 2.75) is 18.6 Å². The Morgan fingerprint density at radius 2 is 2.08 bits per heavy atom. The molecule has 80 valence electrons. The highest BCUT2D eigenvalue weighted by Gasteiger charge is 2.29. The minimum atomic E-state index is -5.15. The first-order valence-electron chi connectivity index (χ1n) is 3.37. The third kappa shape index (κ3) is 5.33. The highest BCUT2D eigenvalue weighted by atomic mass is 31.2. The van der Waals surface area contributed by atoms with E-state index in [1.807, 2.05) is 0 Å². The van der Waals surface area contributed by atoms with Crippen LogP contribution in [0, 0.1) is 0 Å². The standard InChI is InChI=1S/C5H13O7P/c1-5(8,3-6)4(7)2-12-13(9,10)11/h4,6-8H,2-3H2,1H3,(H2,9,10,11)/p-2. The molecule has 0 heterocycles. The van der Waals surface area contributed by atoms with E-state index >= 15 is 0 Å². The summed E-state index contributed by atoms with van der Waals surface area (Å²) in [6, 6.07) is 0. The minimum Gasteiger partial charge on any atom is -0.790 e. The van der Waals surface area contributed by atoms with Gasteiger partial charge in [0.05, 0.1) is 21.0 Å². The Morgan fingerprint density at radius 1 is 1.62 bits per heavy atom. The molecule has 0 saturated heterocycles. The van der Waals surface area contributed by atoms with E-state index < -0.39 is 32.7 Å². The van der Waals surface area contributed by atoms with Gasteiger partial charge < -0.3 is 34.2 Å². The van der Waals surface area contributed by atoms with Crippen molar-refractivity contribution in [3.8, 4) is 0 Å². The summed E-state index contributed by atoms with van der Waals surface area (Å²) in [4.78, 5) is 19.9. The van der Waals surface area contributed by atoms with Crippen molar-refractivity contribution in [2.24, 2.45) is 0 Å². The van der Waals surface area contributed by atoms with E-state index in [2.05, 4.69) is 4.52 Å². The maximum absolute atomic E-state index is 9.95. The Labute approximate surface area is 74.8 Å². The van der Waals surface area contributed by atoms with Crippen molar-refractivity contribution in [1.82, 2.24) is 0 Å². The molecule has 0 aromatic carbocycles. The maximum atomic E-state index is 9.95. The molecule has 8 heteroatoms. The number of aliphatic hydroxyl groups is 3. The Bertz CT molecular complexity index is 197. The largest absolute Gasteiger partial charge is 0.790 e. The van der Waals surface area contributed by atoms with Gasteiger partial charge in [0, 0.05) is 0 Å². The highest BCUT2D eigenvalue weighted by molar-refractivity contribution is 7.43. The molecule has 0 aromatic heterocycles. The number of hydrogen-bond acceptors (Lipinski definition) is 7. The quantitative estimate of drug-likeness (QED) is 0.413. The van der Waals surface area contributed by atoms with Crippen molar-refractivity contribution in [3.63, 3.8) is 0 Å². The van der Waals surface area contributed by atoms with Crippen LogP contribution in [0.2, 0.25) is 0 Å². The van der Waals surface area contributed by atoms with Gasteiger partial charge in [0.1, 0.15) is 11.7 Å². The average Bonchev–Trinajstić information content (AvgIpc) is 1.98. The molecule has 2 unspecified atom stereocenters. The lowest BCUT2D eigenvalue weighted by Crippen LogP contribution is -2.45. The lowest BCUT2D eigenvalue weighted by molar-refractivity contribution is -0.343. The van der Waals surface area contributed by atoms with Gasteiger partial charge in [0.2, 0.25) is 0 Å². The second-order valence-corrected chi connectivity index (χ2v) is 3.93. The third-order valence-electron chi connectivity index (χ3n) is 1.43. The van der Waals surface area contributed by atoms with Crippen LogP contribution in [0.1, 0.15) is 6.92 Å². The molecule has 0 amide bonds. The number of phosphoric acid groups is 1. The van der Waals surface area contributed by atoms with Gasteiger partial charge in [-0.3, -0.25) is 0 Å². The fourth-order valence-corrected chi connectivity index (χ4v) is 0.771. The summed E-state index contributed by atoms with van der Waals surface area (Å²) in [5, 5.41) is 26.6. The van der Waals surface area contributed by atoms with Crippen LogP contribution in [0.3, 0.4) is 0 Å². The lowest BCUT2D eigenvalue weighted by Gasteiger charge is -2.33. The monoisotopic (exact) mass is 214 g/mol. The molecule has 0 aliphatic heterocycles. The van der Waals surface area contributed by atoms with Gasteiger partial charge in [-0.2, -0.15) is 0 Å². The van der Waals surface area contributed by atoms with E-state index in [1.165, 1.54) is 0 Å². The fraction of sp³-hybridized carbons (Fsp3) is 1.00. The number of aliphatic hydroxyl groups excluding tert-OH is 2. The molecular formula is C5H11O7P-2. The molecule has 2 atom stereocenters. The molecule has 0 spiro atoms. The Balaban J connectivity index is 4.02. The van der Waals surface area contributed by atoms with E-state index in [1.54, 1.807) is 0 Å². The Kier molecular flexibility index (Phi) is 4.47. The molecule has 0 aliphatic carbocycles. The van der Waals surface area contributed by atoms with E-state index in [-0.39, 0.29) is 0 Å². The van der Waals surface area contributed by atoms with Gasteiger partial charge in [-0.25, -0.2) is 0 Å². The summed E-state index contributed by atoms with van der Waals surface area (Å²) in [6.07, 6.45) is -1.64. The molecule has 0 bridgehead atoms. The van der Waals surface area contributed by atoms with Crippen molar-refractivity contribution < 1.29 is 34.2 Å². The van der Waals surface area contributed by atoms with Crippen molar-refractivity contribution >= 4 is 7.82 Å². The van der Waals surface area contributed by atoms with Crippen LogP contribution in [0.4, 0.5) is 0 Å². The molecule has 0 fully saturated rings. The van der Waals surface area contributed by atoms with Gasteiger partial charge in [0.15, 0.2) is 0 Å². The first kappa shape index (κ1) is 13.0. The van der Waals surface area contributed by atoms with Gasteiger partial charge in [-0.05, 0) is 6.92 Å². The summed E-state index contributed by atoms with van der Waals surface area (Å²) in [7, 11) is -5.15. The summed E-state index contributed by atoms with van der Waals surface area (Å²) < 4.78 is 13.6. The van der Waals surface area contributed by atoms with Crippen LogP contribution in [-0.2, 0) is 9.09 Å². The van der Waals surface area contributed by atoms with Crippen LogP contribution in [0.15, 0.2) is 0 Å². The van der Waals surface area contributed by atoms with Crippen molar-refractivity contribution in [1.29, 1.82) is 0 Å². The summed E-state index contributed by atoms with van der Waals surface area (Å²) >= 11 is 0. The number of hydrogen-bond donors (Lipinski definition) is 3. The molecule has 0 saturated carbocycles.